The first kappa shape index (κ1) is 15.7. The molecule has 0 atom stereocenters. The highest BCUT2D eigenvalue weighted by atomic mass is 32.1. The van der Waals surface area contributed by atoms with E-state index in [0.717, 1.165) is 10.6 Å². The summed E-state index contributed by atoms with van der Waals surface area (Å²) < 4.78 is 1.71. The van der Waals surface area contributed by atoms with E-state index in [1.165, 1.54) is 11.3 Å². The number of amides is 2. The van der Waals surface area contributed by atoms with E-state index in [1.54, 1.807) is 28.2 Å². The fourth-order valence-corrected chi connectivity index (χ4v) is 3.52. The Balaban J connectivity index is 1.65. The molecule has 1 aliphatic rings. The minimum Gasteiger partial charge on any atom is -0.359 e. The lowest BCUT2D eigenvalue weighted by Gasteiger charge is -2.30. The van der Waals surface area contributed by atoms with Crippen LogP contribution >= 0.6 is 11.3 Å². The van der Waals surface area contributed by atoms with Crippen LogP contribution < -0.4 is 5.32 Å². The molecule has 1 fully saturated rings. The summed E-state index contributed by atoms with van der Waals surface area (Å²) in [5, 5.41) is 9.37. The molecule has 8 heteroatoms. The summed E-state index contributed by atoms with van der Waals surface area (Å²) in [6.45, 7) is 1.19. The van der Waals surface area contributed by atoms with Gasteiger partial charge in [-0.2, -0.15) is 5.10 Å². The SMILES string of the molecule is CNC(=O)C1CCN(C(=O)c2csc(-c3cnn(C)c3)n2)CC1. The topological polar surface area (TPSA) is 80.1 Å². The fraction of sp³-hybridized carbons (Fsp3) is 0.467. The van der Waals surface area contributed by atoms with Crippen molar-refractivity contribution < 1.29 is 9.59 Å². The maximum absolute atomic E-state index is 12.5. The number of carbonyl (C=O) groups excluding carboxylic acids is 2. The van der Waals surface area contributed by atoms with Crippen LogP contribution in [0.25, 0.3) is 10.6 Å². The van der Waals surface area contributed by atoms with Crippen LogP contribution in [0.4, 0.5) is 0 Å². The van der Waals surface area contributed by atoms with E-state index in [0.29, 0.717) is 31.6 Å². The molecule has 2 amide bonds. The third-order valence-electron chi connectivity index (χ3n) is 4.07. The quantitative estimate of drug-likeness (QED) is 0.913. The second kappa shape index (κ2) is 6.49. The van der Waals surface area contributed by atoms with Gasteiger partial charge in [-0.25, -0.2) is 4.98 Å². The van der Waals surface area contributed by atoms with Crippen molar-refractivity contribution in [1.82, 2.24) is 25.0 Å². The van der Waals surface area contributed by atoms with Crippen LogP contribution in [0.3, 0.4) is 0 Å². The van der Waals surface area contributed by atoms with Crippen LogP contribution in [-0.2, 0) is 11.8 Å². The lowest BCUT2D eigenvalue weighted by Crippen LogP contribution is -2.42. The number of piperidine rings is 1. The van der Waals surface area contributed by atoms with Crippen molar-refractivity contribution in [3.05, 3.63) is 23.5 Å². The van der Waals surface area contributed by atoms with Gasteiger partial charge in [0.25, 0.3) is 5.91 Å². The van der Waals surface area contributed by atoms with Gasteiger partial charge in [-0.1, -0.05) is 0 Å². The molecule has 2 aromatic rings. The third-order valence-corrected chi connectivity index (χ3v) is 4.97. The Morgan fingerprint density at radius 3 is 2.70 bits per heavy atom. The summed E-state index contributed by atoms with van der Waals surface area (Å²) in [6.07, 6.45) is 5.01. The standard InChI is InChI=1S/C15H19N5O2S/c1-16-13(21)10-3-5-20(6-4-10)15(22)12-9-23-14(18-12)11-7-17-19(2)8-11/h7-10H,3-6H2,1-2H3,(H,16,21). The molecule has 0 saturated carbocycles. The summed E-state index contributed by atoms with van der Waals surface area (Å²) in [5.41, 5.74) is 1.38. The molecule has 3 rings (SSSR count). The predicted octanol–water partition coefficient (Wildman–Crippen LogP) is 1.14. The van der Waals surface area contributed by atoms with Gasteiger partial charge >= 0.3 is 0 Å². The molecule has 2 aromatic heterocycles. The number of hydrogen-bond acceptors (Lipinski definition) is 5. The molecule has 23 heavy (non-hydrogen) atoms. The molecule has 0 bridgehead atoms. The molecule has 0 spiro atoms. The van der Waals surface area contributed by atoms with E-state index in [-0.39, 0.29) is 17.7 Å². The van der Waals surface area contributed by atoms with E-state index in [2.05, 4.69) is 15.4 Å². The first-order valence-corrected chi connectivity index (χ1v) is 8.42. The van der Waals surface area contributed by atoms with Crippen molar-refractivity contribution >= 4 is 23.2 Å². The number of aryl methyl sites for hydroxylation is 1. The lowest BCUT2D eigenvalue weighted by atomic mass is 9.96. The maximum Gasteiger partial charge on any atom is 0.273 e. The molecular formula is C15H19N5O2S. The smallest absolute Gasteiger partial charge is 0.273 e. The summed E-state index contributed by atoms with van der Waals surface area (Å²) in [5.74, 6) is 0.00167. The number of thiazole rings is 1. The van der Waals surface area contributed by atoms with Gasteiger partial charge in [0.05, 0.1) is 6.20 Å². The number of carbonyl (C=O) groups is 2. The third kappa shape index (κ3) is 3.26. The van der Waals surface area contributed by atoms with E-state index in [9.17, 15) is 9.59 Å². The van der Waals surface area contributed by atoms with Crippen molar-refractivity contribution in [3.63, 3.8) is 0 Å². The molecule has 122 valence electrons. The summed E-state index contributed by atoms with van der Waals surface area (Å²) >= 11 is 1.44. The Morgan fingerprint density at radius 1 is 1.35 bits per heavy atom. The van der Waals surface area contributed by atoms with E-state index in [1.807, 2.05) is 13.2 Å². The molecule has 0 aliphatic carbocycles. The minimum absolute atomic E-state index is 0.00504. The highest BCUT2D eigenvalue weighted by molar-refractivity contribution is 7.13. The second-order valence-electron chi connectivity index (χ2n) is 5.62. The van der Waals surface area contributed by atoms with E-state index >= 15 is 0 Å². The highest BCUT2D eigenvalue weighted by Crippen LogP contribution is 2.25. The van der Waals surface area contributed by atoms with Crippen LogP contribution in [0.15, 0.2) is 17.8 Å². The lowest BCUT2D eigenvalue weighted by molar-refractivity contribution is -0.125. The average molecular weight is 333 g/mol. The summed E-state index contributed by atoms with van der Waals surface area (Å²) in [6, 6.07) is 0. The molecule has 0 aromatic carbocycles. The van der Waals surface area contributed by atoms with Gasteiger partial charge in [-0.05, 0) is 12.8 Å². The van der Waals surface area contributed by atoms with Gasteiger partial charge < -0.3 is 10.2 Å². The number of aromatic nitrogens is 3. The molecule has 1 saturated heterocycles. The monoisotopic (exact) mass is 333 g/mol. The molecule has 1 aliphatic heterocycles. The van der Waals surface area contributed by atoms with Crippen molar-refractivity contribution in [1.29, 1.82) is 0 Å². The summed E-state index contributed by atoms with van der Waals surface area (Å²) in [4.78, 5) is 30.4. The number of likely N-dealkylation sites (tertiary alicyclic amines) is 1. The molecule has 0 radical (unpaired) electrons. The van der Waals surface area contributed by atoms with E-state index < -0.39 is 0 Å². The predicted molar refractivity (Wildman–Crippen MR) is 87.0 cm³/mol. The van der Waals surface area contributed by atoms with Crippen molar-refractivity contribution in [2.75, 3.05) is 20.1 Å². The number of rotatable bonds is 3. The van der Waals surface area contributed by atoms with Gasteiger partial charge in [0.1, 0.15) is 10.7 Å². The first-order chi connectivity index (χ1) is 11.1. The maximum atomic E-state index is 12.5. The van der Waals surface area contributed by atoms with Gasteiger partial charge in [-0.3, -0.25) is 14.3 Å². The van der Waals surface area contributed by atoms with Crippen LogP contribution in [0, 0.1) is 5.92 Å². The van der Waals surface area contributed by atoms with Crippen LogP contribution in [0.1, 0.15) is 23.3 Å². The summed E-state index contributed by atoms with van der Waals surface area (Å²) in [7, 11) is 3.49. The van der Waals surface area contributed by atoms with Crippen LogP contribution in [0.2, 0.25) is 0 Å². The van der Waals surface area contributed by atoms with Gasteiger partial charge in [0, 0.05) is 50.2 Å². The fourth-order valence-electron chi connectivity index (χ4n) is 2.75. The van der Waals surface area contributed by atoms with E-state index in [4.69, 9.17) is 0 Å². The molecule has 1 N–H and O–H groups in total. The number of nitrogens with one attached hydrogen (secondary N) is 1. The largest absolute Gasteiger partial charge is 0.359 e. The Bertz CT molecular complexity index is 715. The normalized spacial score (nSPS) is 15.7. The number of nitrogens with zero attached hydrogens (tertiary/aromatic N) is 4. The molecule has 7 nitrogen and oxygen atoms in total. The minimum atomic E-state index is -0.0632. The number of hydrogen-bond donors (Lipinski definition) is 1. The Labute approximate surface area is 138 Å². The zero-order valence-electron chi connectivity index (χ0n) is 13.2. The Kier molecular flexibility index (Phi) is 4.42. The van der Waals surface area contributed by atoms with Gasteiger partial charge in [-0.15, -0.1) is 11.3 Å². The molecule has 3 heterocycles. The highest BCUT2D eigenvalue weighted by Gasteiger charge is 2.28. The Morgan fingerprint density at radius 2 is 2.09 bits per heavy atom. The Hall–Kier alpha value is -2.22. The molecule has 0 unspecified atom stereocenters. The zero-order chi connectivity index (χ0) is 16.4. The molecular weight excluding hydrogens is 314 g/mol. The average Bonchev–Trinajstić information content (AvgIpc) is 3.22. The van der Waals surface area contributed by atoms with Crippen molar-refractivity contribution in [2.45, 2.75) is 12.8 Å². The van der Waals surface area contributed by atoms with Gasteiger partial charge in [0.15, 0.2) is 0 Å². The zero-order valence-corrected chi connectivity index (χ0v) is 14.0. The van der Waals surface area contributed by atoms with Crippen LogP contribution in [0.5, 0.6) is 0 Å². The van der Waals surface area contributed by atoms with Gasteiger partial charge in [0.2, 0.25) is 5.91 Å². The first-order valence-electron chi connectivity index (χ1n) is 7.54. The second-order valence-corrected chi connectivity index (χ2v) is 6.48. The van der Waals surface area contributed by atoms with Crippen molar-refractivity contribution in [2.24, 2.45) is 13.0 Å². The van der Waals surface area contributed by atoms with Crippen molar-refractivity contribution in [3.8, 4) is 10.6 Å². The van der Waals surface area contributed by atoms with Crippen LogP contribution in [-0.4, -0.2) is 51.6 Å².